The molecule has 0 aliphatic heterocycles. The highest BCUT2D eigenvalue weighted by molar-refractivity contribution is 5.97. The van der Waals surface area contributed by atoms with Crippen LogP contribution < -0.4 is 0 Å². The summed E-state index contributed by atoms with van der Waals surface area (Å²) in [4.78, 5) is 16.1. The van der Waals surface area contributed by atoms with Gasteiger partial charge in [-0.1, -0.05) is 23.8 Å². The third kappa shape index (κ3) is 3.04. The van der Waals surface area contributed by atoms with Gasteiger partial charge in [-0.3, -0.25) is 9.78 Å². The lowest BCUT2D eigenvalue weighted by molar-refractivity contribution is 0.0982. The van der Waals surface area contributed by atoms with Crippen LogP contribution in [0.15, 0.2) is 42.7 Å². The molecule has 0 saturated heterocycles. The second kappa shape index (κ2) is 5.58. The molecular weight excluding hydrogens is 222 g/mol. The van der Waals surface area contributed by atoms with Gasteiger partial charge in [0.05, 0.1) is 0 Å². The second-order valence-electron chi connectivity index (χ2n) is 4.60. The van der Waals surface area contributed by atoms with Crippen LogP contribution in [-0.4, -0.2) is 10.8 Å². The largest absolute Gasteiger partial charge is 0.294 e. The van der Waals surface area contributed by atoms with Gasteiger partial charge in [-0.25, -0.2) is 0 Å². The monoisotopic (exact) mass is 239 g/mol. The fraction of sp³-hybridized carbons (Fsp3) is 0.250. The predicted molar refractivity (Wildman–Crippen MR) is 72.8 cm³/mol. The van der Waals surface area contributed by atoms with E-state index in [-0.39, 0.29) is 5.78 Å². The van der Waals surface area contributed by atoms with Crippen molar-refractivity contribution >= 4 is 5.78 Å². The summed E-state index contributed by atoms with van der Waals surface area (Å²) < 4.78 is 0. The maximum atomic E-state index is 12.1. The van der Waals surface area contributed by atoms with Crippen molar-refractivity contribution in [3.8, 4) is 0 Å². The van der Waals surface area contributed by atoms with Gasteiger partial charge in [0.1, 0.15) is 0 Å². The standard InChI is InChI=1S/C16H17NO/c1-12-3-5-15(13(2)11-12)16(18)6-4-14-7-9-17-10-8-14/h3,5,7-11H,4,6H2,1-2H3. The average Bonchev–Trinajstić information content (AvgIpc) is 2.37. The second-order valence-corrected chi connectivity index (χ2v) is 4.60. The number of aromatic nitrogens is 1. The van der Waals surface area contributed by atoms with Gasteiger partial charge >= 0.3 is 0 Å². The van der Waals surface area contributed by atoms with Crippen LogP contribution >= 0.6 is 0 Å². The van der Waals surface area contributed by atoms with Crippen molar-refractivity contribution in [3.63, 3.8) is 0 Å². The Morgan fingerprint density at radius 1 is 1.11 bits per heavy atom. The Bertz CT molecular complexity index is 546. The fourth-order valence-corrected chi connectivity index (χ4v) is 2.07. The zero-order valence-corrected chi connectivity index (χ0v) is 10.8. The van der Waals surface area contributed by atoms with Crippen LogP contribution in [0.4, 0.5) is 0 Å². The van der Waals surface area contributed by atoms with E-state index >= 15 is 0 Å². The Morgan fingerprint density at radius 3 is 2.50 bits per heavy atom. The first-order valence-electron chi connectivity index (χ1n) is 6.16. The van der Waals surface area contributed by atoms with E-state index in [4.69, 9.17) is 0 Å². The van der Waals surface area contributed by atoms with E-state index in [1.165, 1.54) is 5.56 Å². The normalized spacial score (nSPS) is 10.3. The molecule has 2 heteroatoms. The summed E-state index contributed by atoms with van der Waals surface area (Å²) in [5, 5.41) is 0. The summed E-state index contributed by atoms with van der Waals surface area (Å²) in [6, 6.07) is 9.89. The summed E-state index contributed by atoms with van der Waals surface area (Å²) in [6.07, 6.45) is 4.84. The molecule has 2 nitrogen and oxygen atoms in total. The van der Waals surface area contributed by atoms with Gasteiger partial charge in [0, 0.05) is 24.4 Å². The molecule has 0 spiro atoms. The number of hydrogen-bond acceptors (Lipinski definition) is 2. The Balaban J connectivity index is 2.04. The van der Waals surface area contributed by atoms with E-state index in [0.29, 0.717) is 6.42 Å². The molecule has 1 heterocycles. The molecule has 0 N–H and O–H groups in total. The number of ketones is 1. The number of nitrogens with zero attached hydrogens (tertiary/aromatic N) is 1. The van der Waals surface area contributed by atoms with Gasteiger partial charge in [0.2, 0.25) is 0 Å². The lowest BCUT2D eigenvalue weighted by atomic mass is 9.98. The minimum Gasteiger partial charge on any atom is -0.294 e. The molecule has 0 saturated carbocycles. The first-order valence-corrected chi connectivity index (χ1v) is 6.16. The van der Waals surface area contributed by atoms with Gasteiger partial charge in [0.15, 0.2) is 5.78 Å². The average molecular weight is 239 g/mol. The zero-order valence-electron chi connectivity index (χ0n) is 10.8. The van der Waals surface area contributed by atoms with Gasteiger partial charge in [-0.15, -0.1) is 0 Å². The molecule has 0 aliphatic rings. The van der Waals surface area contributed by atoms with Gasteiger partial charge < -0.3 is 0 Å². The third-order valence-corrected chi connectivity index (χ3v) is 3.07. The van der Waals surface area contributed by atoms with Crippen molar-refractivity contribution in [1.82, 2.24) is 4.98 Å². The molecule has 0 bridgehead atoms. The van der Waals surface area contributed by atoms with Crippen LogP contribution in [0.1, 0.15) is 33.5 Å². The van der Waals surface area contributed by atoms with Crippen LogP contribution in [0.2, 0.25) is 0 Å². The smallest absolute Gasteiger partial charge is 0.163 e. The van der Waals surface area contributed by atoms with Gasteiger partial charge in [-0.2, -0.15) is 0 Å². The number of benzene rings is 1. The number of carbonyl (C=O) groups is 1. The summed E-state index contributed by atoms with van der Waals surface area (Å²) in [5.41, 5.74) is 4.26. The predicted octanol–water partition coefficient (Wildman–Crippen LogP) is 3.51. The SMILES string of the molecule is Cc1ccc(C(=O)CCc2ccncc2)c(C)c1. The highest BCUT2D eigenvalue weighted by atomic mass is 16.1. The molecule has 1 aromatic heterocycles. The van der Waals surface area contributed by atoms with Crippen molar-refractivity contribution in [3.05, 3.63) is 65.0 Å². The number of aryl methyl sites for hydroxylation is 3. The van der Waals surface area contributed by atoms with Gasteiger partial charge in [0.25, 0.3) is 0 Å². The van der Waals surface area contributed by atoms with Crippen molar-refractivity contribution in [2.45, 2.75) is 26.7 Å². The van der Waals surface area contributed by atoms with Crippen molar-refractivity contribution in [1.29, 1.82) is 0 Å². The van der Waals surface area contributed by atoms with E-state index in [1.807, 2.05) is 38.1 Å². The minimum absolute atomic E-state index is 0.212. The van der Waals surface area contributed by atoms with E-state index in [1.54, 1.807) is 12.4 Å². The molecule has 0 aliphatic carbocycles. The molecule has 1 aromatic carbocycles. The summed E-state index contributed by atoms with van der Waals surface area (Å²) >= 11 is 0. The molecule has 2 rings (SSSR count). The van der Waals surface area contributed by atoms with Crippen LogP contribution in [0.3, 0.4) is 0 Å². The first kappa shape index (κ1) is 12.5. The molecular formula is C16H17NO. The Labute approximate surface area is 108 Å². The van der Waals surface area contributed by atoms with E-state index in [2.05, 4.69) is 11.1 Å². The minimum atomic E-state index is 0.212. The molecule has 0 fully saturated rings. The van der Waals surface area contributed by atoms with E-state index in [0.717, 1.165) is 23.1 Å². The molecule has 0 unspecified atom stereocenters. The Kier molecular flexibility index (Phi) is 3.88. The summed E-state index contributed by atoms with van der Waals surface area (Å²) in [6.45, 7) is 4.03. The highest BCUT2D eigenvalue weighted by Crippen LogP contribution is 2.14. The number of hydrogen-bond donors (Lipinski definition) is 0. The maximum absolute atomic E-state index is 12.1. The fourth-order valence-electron chi connectivity index (χ4n) is 2.07. The molecule has 0 atom stereocenters. The maximum Gasteiger partial charge on any atom is 0.163 e. The Hall–Kier alpha value is -1.96. The van der Waals surface area contributed by atoms with Crippen LogP contribution in [0.25, 0.3) is 0 Å². The number of rotatable bonds is 4. The number of pyridine rings is 1. The van der Waals surface area contributed by atoms with Crippen molar-refractivity contribution < 1.29 is 4.79 Å². The molecule has 2 aromatic rings. The third-order valence-electron chi connectivity index (χ3n) is 3.07. The van der Waals surface area contributed by atoms with Crippen LogP contribution in [0.5, 0.6) is 0 Å². The van der Waals surface area contributed by atoms with Gasteiger partial charge in [-0.05, 0) is 43.5 Å². The quantitative estimate of drug-likeness (QED) is 0.764. The Morgan fingerprint density at radius 2 is 1.83 bits per heavy atom. The molecule has 92 valence electrons. The molecule has 0 amide bonds. The number of carbonyl (C=O) groups excluding carboxylic acids is 1. The van der Waals surface area contributed by atoms with E-state index in [9.17, 15) is 4.79 Å². The molecule has 18 heavy (non-hydrogen) atoms. The summed E-state index contributed by atoms with van der Waals surface area (Å²) in [5.74, 6) is 0.212. The van der Waals surface area contributed by atoms with Crippen LogP contribution in [0, 0.1) is 13.8 Å². The van der Waals surface area contributed by atoms with Crippen molar-refractivity contribution in [2.75, 3.05) is 0 Å². The highest BCUT2D eigenvalue weighted by Gasteiger charge is 2.09. The molecule has 0 radical (unpaired) electrons. The topological polar surface area (TPSA) is 30.0 Å². The first-order chi connectivity index (χ1) is 8.66. The van der Waals surface area contributed by atoms with Crippen molar-refractivity contribution in [2.24, 2.45) is 0 Å². The lowest BCUT2D eigenvalue weighted by Gasteiger charge is -2.06. The van der Waals surface area contributed by atoms with E-state index < -0.39 is 0 Å². The summed E-state index contributed by atoms with van der Waals surface area (Å²) in [7, 11) is 0. The zero-order chi connectivity index (χ0) is 13.0. The van der Waals surface area contributed by atoms with Crippen LogP contribution in [-0.2, 0) is 6.42 Å². The number of Topliss-reactive ketones (excluding diaryl/α,β-unsaturated/α-hetero) is 1. The lowest BCUT2D eigenvalue weighted by Crippen LogP contribution is -2.03.